The number of benzene rings is 1. The van der Waals surface area contributed by atoms with Gasteiger partial charge in [-0.3, -0.25) is 4.79 Å². The highest BCUT2D eigenvalue weighted by atomic mass is 35.5. The molecule has 1 aromatic carbocycles. The first kappa shape index (κ1) is 15.4. The van der Waals surface area contributed by atoms with Gasteiger partial charge in [0, 0.05) is 24.3 Å². The van der Waals surface area contributed by atoms with Crippen LogP contribution in [-0.2, 0) is 6.18 Å². The number of fused-ring (bicyclic) bond motifs is 1. The van der Waals surface area contributed by atoms with Crippen LogP contribution in [0, 0.1) is 0 Å². The summed E-state index contributed by atoms with van der Waals surface area (Å²) < 4.78 is 40.2. The Bertz CT molecular complexity index is 889. The Morgan fingerprint density at radius 3 is 2.74 bits per heavy atom. The molecule has 4 nitrogen and oxygen atoms in total. The van der Waals surface area contributed by atoms with Gasteiger partial charge in [-0.1, -0.05) is 11.6 Å². The highest BCUT2D eigenvalue weighted by Crippen LogP contribution is 2.36. The first-order chi connectivity index (χ1) is 10.9. The van der Waals surface area contributed by atoms with E-state index in [-0.39, 0.29) is 11.3 Å². The summed E-state index contributed by atoms with van der Waals surface area (Å²) in [7, 11) is 0. The Morgan fingerprint density at radius 2 is 2.00 bits per heavy atom. The van der Waals surface area contributed by atoms with Gasteiger partial charge in [-0.25, -0.2) is 4.98 Å². The van der Waals surface area contributed by atoms with E-state index < -0.39 is 22.7 Å². The minimum atomic E-state index is -4.60. The van der Waals surface area contributed by atoms with Crippen LogP contribution < -0.4 is 5.32 Å². The molecule has 0 spiro atoms. The zero-order chi connectivity index (χ0) is 16.6. The molecule has 0 saturated heterocycles. The standard InChI is InChI=1S/C15H9ClF3N3O/c16-12-4-3-9(8-11(12)15(17,18)19)21-14(23)10-2-1-6-22-7-5-20-13(10)22/h1-8H,(H,21,23). The van der Waals surface area contributed by atoms with E-state index in [0.29, 0.717) is 5.65 Å². The number of imidazole rings is 1. The van der Waals surface area contributed by atoms with E-state index >= 15 is 0 Å². The molecule has 118 valence electrons. The van der Waals surface area contributed by atoms with Crippen LogP contribution in [0.5, 0.6) is 0 Å². The molecule has 1 amide bonds. The number of halogens is 4. The van der Waals surface area contributed by atoms with E-state index in [2.05, 4.69) is 10.3 Å². The average molecular weight is 340 g/mol. The summed E-state index contributed by atoms with van der Waals surface area (Å²) in [6.45, 7) is 0. The number of carbonyl (C=O) groups is 1. The maximum absolute atomic E-state index is 12.8. The first-order valence-electron chi connectivity index (χ1n) is 6.46. The summed E-state index contributed by atoms with van der Waals surface area (Å²) in [5, 5.41) is 2.00. The molecule has 0 atom stereocenters. The summed E-state index contributed by atoms with van der Waals surface area (Å²) in [5.41, 5.74) is -0.340. The van der Waals surface area contributed by atoms with Crippen molar-refractivity contribution in [2.75, 3.05) is 5.32 Å². The van der Waals surface area contributed by atoms with Gasteiger partial charge in [0.25, 0.3) is 5.91 Å². The van der Waals surface area contributed by atoms with Crippen molar-refractivity contribution in [1.82, 2.24) is 9.38 Å². The molecule has 3 rings (SSSR count). The van der Waals surface area contributed by atoms with E-state index in [1.54, 1.807) is 22.9 Å². The maximum Gasteiger partial charge on any atom is 0.417 e. The fourth-order valence-corrected chi connectivity index (χ4v) is 2.37. The Kier molecular flexibility index (Phi) is 3.73. The fraction of sp³-hybridized carbons (Fsp3) is 0.0667. The van der Waals surface area contributed by atoms with Gasteiger partial charge in [-0.2, -0.15) is 13.2 Å². The lowest BCUT2D eigenvalue weighted by Crippen LogP contribution is -2.14. The van der Waals surface area contributed by atoms with Crippen LogP contribution >= 0.6 is 11.6 Å². The number of nitrogens with zero attached hydrogens (tertiary/aromatic N) is 2. The minimum Gasteiger partial charge on any atom is -0.322 e. The van der Waals surface area contributed by atoms with Gasteiger partial charge in [0.1, 0.15) is 5.65 Å². The van der Waals surface area contributed by atoms with Crippen molar-refractivity contribution < 1.29 is 18.0 Å². The van der Waals surface area contributed by atoms with Gasteiger partial charge in [-0.15, -0.1) is 0 Å². The van der Waals surface area contributed by atoms with Gasteiger partial charge < -0.3 is 9.72 Å². The van der Waals surface area contributed by atoms with Gasteiger partial charge in [0.05, 0.1) is 16.1 Å². The zero-order valence-corrected chi connectivity index (χ0v) is 12.2. The molecule has 0 saturated carbocycles. The highest BCUT2D eigenvalue weighted by molar-refractivity contribution is 6.31. The number of hydrogen-bond acceptors (Lipinski definition) is 2. The zero-order valence-electron chi connectivity index (χ0n) is 11.4. The number of hydrogen-bond donors (Lipinski definition) is 1. The molecule has 0 bridgehead atoms. The van der Waals surface area contributed by atoms with Gasteiger partial charge >= 0.3 is 6.18 Å². The van der Waals surface area contributed by atoms with Crippen molar-refractivity contribution in [3.63, 3.8) is 0 Å². The van der Waals surface area contributed by atoms with Crippen LogP contribution in [0.4, 0.5) is 18.9 Å². The fourth-order valence-electron chi connectivity index (χ4n) is 2.14. The summed E-state index contributed by atoms with van der Waals surface area (Å²) in [4.78, 5) is 16.3. The summed E-state index contributed by atoms with van der Waals surface area (Å²) in [6.07, 6.45) is 0.302. The SMILES string of the molecule is O=C(Nc1ccc(Cl)c(C(F)(F)F)c1)c1cccn2ccnc12. The number of aromatic nitrogens is 2. The molecule has 2 aromatic heterocycles. The van der Waals surface area contributed by atoms with Crippen molar-refractivity contribution in [1.29, 1.82) is 0 Å². The molecule has 0 aliphatic carbocycles. The van der Waals surface area contributed by atoms with Gasteiger partial charge in [0.2, 0.25) is 0 Å². The third-order valence-electron chi connectivity index (χ3n) is 3.19. The number of pyridine rings is 1. The Morgan fingerprint density at radius 1 is 1.22 bits per heavy atom. The van der Waals surface area contributed by atoms with Crippen molar-refractivity contribution in [2.24, 2.45) is 0 Å². The van der Waals surface area contributed by atoms with Crippen LogP contribution in [0.2, 0.25) is 5.02 Å². The summed E-state index contributed by atoms with van der Waals surface area (Å²) >= 11 is 5.55. The smallest absolute Gasteiger partial charge is 0.322 e. The Labute approximate surface area is 133 Å². The average Bonchev–Trinajstić information content (AvgIpc) is 2.96. The number of nitrogens with one attached hydrogen (secondary N) is 1. The molecule has 23 heavy (non-hydrogen) atoms. The van der Waals surface area contributed by atoms with Crippen LogP contribution in [0.1, 0.15) is 15.9 Å². The molecule has 3 aromatic rings. The van der Waals surface area contributed by atoms with Crippen molar-refractivity contribution in [3.05, 3.63) is 65.1 Å². The lowest BCUT2D eigenvalue weighted by Gasteiger charge is -2.12. The molecular weight excluding hydrogens is 331 g/mol. The predicted molar refractivity (Wildman–Crippen MR) is 79.6 cm³/mol. The summed E-state index contributed by atoms with van der Waals surface area (Å²) in [5.74, 6) is -0.558. The summed E-state index contributed by atoms with van der Waals surface area (Å²) in [6, 6.07) is 6.38. The second kappa shape index (κ2) is 5.58. The molecular formula is C15H9ClF3N3O. The van der Waals surface area contributed by atoms with E-state index in [1.165, 1.54) is 18.3 Å². The molecule has 0 aliphatic rings. The molecule has 2 heterocycles. The maximum atomic E-state index is 12.8. The van der Waals surface area contributed by atoms with Crippen LogP contribution in [0.25, 0.3) is 5.65 Å². The number of rotatable bonds is 2. The van der Waals surface area contributed by atoms with Gasteiger partial charge in [0.15, 0.2) is 0 Å². The van der Waals surface area contributed by atoms with E-state index in [4.69, 9.17) is 11.6 Å². The first-order valence-corrected chi connectivity index (χ1v) is 6.84. The lowest BCUT2D eigenvalue weighted by atomic mass is 10.1. The Hall–Kier alpha value is -2.54. The minimum absolute atomic E-state index is 0.000263. The largest absolute Gasteiger partial charge is 0.417 e. The topological polar surface area (TPSA) is 46.4 Å². The molecule has 0 aliphatic heterocycles. The Balaban J connectivity index is 1.93. The molecule has 0 fully saturated rings. The van der Waals surface area contributed by atoms with Crippen molar-refractivity contribution in [3.8, 4) is 0 Å². The second-order valence-corrected chi connectivity index (χ2v) is 5.13. The van der Waals surface area contributed by atoms with Gasteiger partial charge in [-0.05, 0) is 30.3 Å². The molecule has 0 radical (unpaired) electrons. The van der Waals surface area contributed by atoms with E-state index in [0.717, 1.165) is 12.1 Å². The van der Waals surface area contributed by atoms with Crippen molar-refractivity contribution >= 4 is 28.8 Å². The predicted octanol–water partition coefficient (Wildman–Crippen LogP) is 4.26. The molecule has 0 unspecified atom stereocenters. The normalized spacial score (nSPS) is 11.7. The monoisotopic (exact) mass is 339 g/mol. The third kappa shape index (κ3) is 3.00. The van der Waals surface area contributed by atoms with Crippen LogP contribution in [0.3, 0.4) is 0 Å². The second-order valence-electron chi connectivity index (χ2n) is 4.73. The quantitative estimate of drug-likeness (QED) is 0.758. The lowest BCUT2D eigenvalue weighted by molar-refractivity contribution is -0.137. The third-order valence-corrected chi connectivity index (χ3v) is 3.52. The number of amides is 1. The number of anilines is 1. The van der Waals surface area contributed by atoms with E-state index in [1.807, 2.05) is 0 Å². The number of carbonyl (C=O) groups excluding carboxylic acids is 1. The van der Waals surface area contributed by atoms with Crippen molar-refractivity contribution in [2.45, 2.75) is 6.18 Å². The molecule has 1 N–H and O–H groups in total. The van der Waals surface area contributed by atoms with Crippen LogP contribution in [-0.4, -0.2) is 15.3 Å². The van der Waals surface area contributed by atoms with Crippen LogP contribution in [0.15, 0.2) is 48.9 Å². The highest BCUT2D eigenvalue weighted by Gasteiger charge is 2.33. The molecule has 8 heteroatoms. The number of alkyl halides is 3. The van der Waals surface area contributed by atoms with E-state index in [9.17, 15) is 18.0 Å².